The number of benzene rings is 3. The molecule has 3 aromatic carbocycles. The SMILES string of the molecule is COc1cc(CNc2ccc(C(=O)O)cc2)ccc1OCc1cccc(Cl)c1. The molecule has 6 heteroatoms. The van der Waals surface area contributed by atoms with Crippen LogP contribution in [-0.4, -0.2) is 18.2 Å². The van der Waals surface area contributed by atoms with Gasteiger partial charge >= 0.3 is 5.97 Å². The van der Waals surface area contributed by atoms with E-state index in [0.29, 0.717) is 29.7 Å². The second-order valence-corrected chi connectivity index (χ2v) is 6.58. The summed E-state index contributed by atoms with van der Waals surface area (Å²) in [6.07, 6.45) is 0. The standard InChI is InChI=1S/C22H20ClNO4/c1-27-21-12-15(13-24-19-8-6-17(7-9-19)22(25)26)5-10-20(21)28-14-16-3-2-4-18(23)11-16/h2-12,24H,13-14H2,1H3,(H,25,26). The molecule has 0 saturated heterocycles. The van der Waals surface area contributed by atoms with Gasteiger partial charge in [0.25, 0.3) is 0 Å². The van der Waals surface area contributed by atoms with Gasteiger partial charge in [0.05, 0.1) is 12.7 Å². The maximum absolute atomic E-state index is 10.9. The Kier molecular flexibility index (Phi) is 6.40. The molecule has 0 heterocycles. The van der Waals surface area contributed by atoms with E-state index in [-0.39, 0.29) is 5.56 Å². The Balaban J connectivity index is 1.62. The molecule has 0 unspecified atom stereocenters. The number of rotatable bonds is 8. The Morgan fingerprint density at radius 2 is 1.79 bits per heavy atom. The highest BCUT2D eigenvalue weighted by Crippen LogP contribution is 2.29. The summed E-state index contributed by atoms with van der Waals surface area (Å²) in [6, 6.07) is 19.9. The van der Waals surface area contributed by atoms with E-state index in [0.717, 1.165) is 16.8 Å². The molecular formula is C22H20ClNO4. The average Bonchev–Trinajstić information content (AvgIpc) is 2.71. The van der Waals surface area contributed by atoms with E-state index in [4.69, 9.17) is 26.2 Å². The van der Waals surface area contributed by atoms with Gasteiger partial charge in [-0.2, -0.15) is 0 Å². The molecule has 0 aliphatic carbocycles. The molecular weight excluding hydrogens is 378 g/mol. The topological polar surface area (TPSA) is 67.8 Å². The molecule has 0 aliphatic rings. The minimum absolute atomic E-state index is 0.258. The number of halogens is 1. The summed E-state index contributed by atoms with van der Waals surface area (Å²) in [7, 11) is 1.60. The Morgan fingerprint density at radius 1 is 1.00 bits per heavy atom. The van der Waals surface area contributed by atoms with Gasteiger partial charge in [0.1, 0.15) is 6.61 Å². The van der Waals surface area contributed by atoms with Gasteiger partial charge in [0.2, 0.25) is 0 Å². The molecule has 0 spiro atoms. The number of carboxylic acids is 1. The molecule has 3 aromatic rings. The Morgan fingerprint density at radius 3 is 2.46 bits per heavy atom. The second kappa shape index (κ2) is 9.15. The molecule has 0 amide bonds. The zero-order chi connectivity index (χ0) is 19.9. The van der Waals surface area contributed by atoms with E-state index in [1.165, 1.54) is 0 Å². The summed E-state index contributed by atoms with van der Waals surface area (Å²) in [5.41, 5.74) is 3.08. The molecule has 0 atom stereocenters. The van der Waals surface area contributed by atoms with Gasteiger partial charge in [0.15, 0.2) is 11.5 Å². The van der Waals surface area contributed by atoms with Crippen LogP contribution in [0.15, 0.2) is 66.7 Å². The summed E-state index contributed by atoms with van der Waals surface area (Å²) < 4.78 is 11.3. The van der Waals surface area contributed by atoms with E-state index in [1.54, 1.807) is 31.4 Å². The molecule has 0 aromatic heterocycles. The van der Waals surface area contributed by atoms with Crippen molar-refractivity contribution in [2.75, 3.05) is 12.4 Å². The van der Waals surface area contributed by atoms with Crippen LogP contribution < -0.4 is 14.8 Å². The number of anilines is 1. The summed E-state index contributed by atoms with van der Waals surface area (Å²) in [6.45, 7) is 0.960. The molecule has 3 rings (SSSR count). The van der Waals surface area contributed by atoms with Crippen LogP contribution in [0.1, 0.15) is 21.5 Å². The second-order valence-electron chi connectivity index (χ2n) is 6.14. The number of ether oxygens (including phenoxy) is 2. The first-order chi connectivity index (χ1) is 13.5. The smallest absolute Gasteiger partial charge is 0.335 e. The molecule has 144 valence electrons. The van der Waals surface area contributed by atoms with Crippen molar-refractivity contribution >= 4 is 23.3 Å². The molecule has 0 radical (unpaired) electrons. The van der Waals surface area contributed by atoms with Crippen molar-refractivity contribution in [3.8, 4) is 11.5 Å². The van der Waals surface area contributed by atoms with Crippen LogP contribution in [0.2, 0.25) is 5.02 Å². The van der Waals surface area contributed by atoms with Crippen LogP contribution in [0.4, 0.5) is 5.69 Å². The molecule has 0 saturated carbocycles. The molecule has 2 N–H and O–H groups in total. The van der Waals surface area contributed by atoms with Crippen LogP contribution in [-0.2, 0) is 13.2 Å². The minimum atomic E-state index is -0.940. The van der Waals surface area contributed by atoms with E-state index < -0.39 is 5.97 Å². The van der Waals surface area contributed by atoms with E-state index in [2.05, 4.69) is 5.32 Å². The maximum Gasteiger partial charge on any atom is 0.335 e. The average molecular weight is 398 g/mol. The van der Waals surface area contributed by atoms with Gasteiger partial charge in [-0.05, 0) is 59.7 Å². The molecule has 0 fully saturated rings. The van der Waals surface area contributed by atoms with Gasteiger partial charge in [0, 0.05) is 17.3 Å². The zero-order valence-electron chi connectivity index (χ0n) is 15.3. The van der Waals surface area contributed by atoms with Crippen LogP contribution in [0.5, 0.6) is 11.5 Å². The highest BCUT2D eigenvalue weighted by Gasteiger charge is 2.07. The maximum atomic E-state index is 10.9. The van der Waals surface area contributed by atoms with Crippen LogP contribution in [0.3, 0.4) is 0 Å². The third-order valence-electron chi connectivity index (χ3n) is 4.14. The lowest BCUT2D eigenvalue weighted by Gasteiger charge is -2.13. The van der Waals surface area contributed by atoms with Gasteiger partial charge in [-0.3, -0.25) is 0 Å². The van der Waals surface area contributed by atoms with E-state index in [9.17, 15) is 4.79 Å². The summed E-state index contributed by atoms with van der Waals surface area (Å²) in [5, 5.41) is 12.9. The van der Waals surface area contributed by atoms with Crippen LogP contribution >= 0.6 is 11.6 Å². The Hall–Kier alpha value is -3.18. The van der Waals surface area contributed by atoms with Crippen molar-refractivity contribution in [3.63, 3.8) is 0 Å². The summed E-state index contributed by atoms with van der Waals surface area (Å²) in [5.74, 6) is 0.351. The number of methoxy groups -OCH3 is 1. The lowest BCUT2D eigenvalue weighted by molar-refractivity contribution is 0.0697. The minimum Gasteiger partial charge on any atom is -0.493 e. The monoisotopic (exact) mass is 397 g/mol. The third-order valence-corrected chi connectivity index (χ3v) is 4.37. The van der Waals surface area contributed by atoms with Crippen LogP contribution in [0, 0.1) is 0 Å². The molecule has 0 aliphatic heterocycles. The molecule has 5 nitrogen and oxygen atoms in total. The highest BCUT2D eigenvalue weighted by atomic mass is 35.5. The van der Waals surface area contributed by atoms with Gasteiger partial charge in [-0.25, -0.2) is 4.79 Å². The summed E-state index contributed by atoms with van der Waals surface area (Å²) >= 11 is 6.00. The summed E-state index contributed by atoms with van der Waals surface area (Å²) in [4.78, 5) is 10.9. The number of carbonyl (C=O) groups is 1. The lowest BCUT2D eigenvalue weighted by atomic mass is 10.1. The van der Waals surface area contributed by atoms with Gasteiger partial charge in [-0.15, -0.1) is 0 Å². The first-order valence-corrected chi connectivity index (χ1v) is 9.04. The first kappa shape index (κ1) is 19.6. The highest BCUT2D eigenvalue weighted by molar-refractivity contribution is 6.30. The van der Waals surface area contributed by atoms with Crippen molar-refractivity contribution in [1.82, 2.24) is 0 Å². The number of carboxylic acid groups (broad SMARTS) is 1. The number of hydrogen-bond acceptors (Lipinski definition) is 4. The van der Waals surface area contributed by atoms with Gasteiger partial charge in [-0.1, -0.05) is 29.8 Å². The normalized spacial score (nSPS) is 10.4. The van der Waals surface area contributed by atoms with Crippen molar-refractivity contribution in [3.05, 3.63) is 88.4 Å². The largest absolute Gasteiger partial charge is 0.493 e. The van der Waals surface area contributed by atoms with Crippen molar-refractivity contribution < 1.29 is 19.4 Å². The lowest BCUT2D eigenvalue weighted by Crippen LogP contribution is -2.02. The first-order valence-electron chi connectivity index (χ1n) is 8.66. The molecule has 0 bridgehead atoms. The fourth-order valence-electron chi connectivity index (χ4n) is 2.66. The van der Waals surface area contributed by atoms with Crippen molar-refractivity contribution in [2.24, 2.45) is 0 Å². The quantitative estimate of drug-likeness (QED) is 0.544. The van der Waals surface area contributed by atoms with Gasteiger partial charge < -0.3 is 19.9 Å². The van der Waals surface area contributed by atoms with Crippen molar-refractivity contribution in [2.45, 2.75) is 13.2 Å². The van der Waals surface area contributed by atoms with E-state index in [1.807, 2.05) is 42.5 Å². The third kappa shape index (κ3) is 5.18. The van der Waals surface area contributed by atoms with Crippen LogP contribution in [0.25, 0.3) is 0 Å². The molecule has 28 heavy (non-hydrogen) atoms. The number of nitrogens with one attached hydrogen (secondary N) is 1. The predicted octanol–water partition coefficient (Wildman–Crippen LogP) is 5.24. The fraction of sp³-hybridized carbons (Fsp3) is 0.136. The fourth-order valence-corrected chi connectivity index (χ4v) is 2.88. The Bertz CT molecular complexity index is 957. The van der Waals surface area contributed by atoms with E-state index >= 15 is 0 Å². The number of aromatic carboxylic acids is 1. The van der Waals surface area contributed by atoms with Crippen molar-refractivity contribution in [1.29, 1.82) is 0 Å². The zero-order valence-corrected chi connectivity index (χ0v) is 16.1. The number of hydrogen-bond donors (Lipinski definition) is 2. The Labute approximate surface area is 168 Å². The predicted molar refractivity (Wildman–Crippen MR) is 110 cm³/mol.